The Morgan fingerprint density at radius 2 is 2.00 bits per heavy atom. The fourth-order valence-corrected chi connectivity index (χ4v) is 2.20. The molecule has 19 heavy (non-hydrogen) atoms. The first-order valence-corrected chi connectivity index (χ1v) is 6.50. The lowest BCUT2D eigenvalue weighted by atomic mass is 10.2. The molecule has 0 spiro atoms. The first-order valence-electron chi connectivity index (χ1n) is 5.36. The molecule has 2 aromatic rings. The van der Waals surface area contributed by atoms with Gasteiger partial charge in [-0.15, -0.1) is 0 Å². The van der Waals surface area contributed by atoms with E-state index in [1.807, 2.05) is 6.07 Å². The van der Waals surface area contributed by atoms with Crippen LogP contribution in [0, 0.1) is 6.92 Å². The van der Waals surface area contributed by atoms with Crippen LogP contribution in [0.15, 0.2) is 18.2 Å². The minimum Gasteiger partial charge on any atom is -0.364 e. The summed E-state index contributed by atoms with van der Waals surface area (Å²) < 4.78 is 1.60. The van der Waals surface area contributed by atoms with Crippen LogP contribution in [-0.4, -0.2) is 15.7 Å². The molecule has 0 saturated heterocycles. The van der Waals surface area contributed by atoms with Gasteiger partial charge in [0.25, 0.3) is 5.91 Å². The fourth-order valence-electron chi connectivity index (χ4n) is 1.65. The summed E-state index contributed by atoms with van der Waals surface area (Å²) in [5.74, 6) is -0.652. The van der Waals surface area contributed by atoms with Crippen molar-refractivity contribution in [3.05, 3.63) is 50.2 Å². The lowest BCUT2D eigenvalue weighted by Gasteiger charge is -2.05. The van der Waals surface area contributed by atoms with Gasteiger partial charge in [0.2, 0.25) is 0 Å². The van der Waals surface area contributed by atoms with E-state index in [2.05, 4.69) is 5.10 Å². The standard InChI is InChI=1S/C12H10Cl3N3O/c1-6-10(15)11(12(16)19)17-18(6)5-7-2-3-8(13)9(14)4-7/h2-4H,5H2,1H3,(H2,16,19). The average molecular weight is 319 g/mol. The van der Waals surface area contributed by atoms with Crippen molar-refractivity contribution in [3.63, 3.8) is 0 Å². The van der Waals surface area contributed by atoms with Crippen LogP contribution in [0.3, 0.4) is 0 Å². The van der Waals surface area contributed by atoms with E-state index in [1.54, 1.807) is 23.7 Å². The zero-order chi connectivity index (χ0) is 14.2. The van der Waals surface area contributed by atoms with Gasteiger partial charge < -0.3 is 5.73 Å². The van der Waals surface area contributed by atoms with E-state index >= 15 is 0 Å². The van der Waals surface area contributed by atoms with Gasteiger partial charge >= 0.3 is 0 Å². The maximum absolute atomic E-state index is 11.2. The highest BCUT2D eigenvalue weighted by molar-refractivity contribution is 6.42. The number of hydrogen-bond donors (Lipinski definition) is 1. The third-order valence-corrected chi connectivity index (χ3v) is 3.87. The molecule has 0 fully saturated rings. The van der Waals surface area contributed by atoms with Crippen molar-refractivity contribution in [2.24, 2.45) is 5.73 Å². The second-order valence-corrected chi connectivity index (χ2v) is 5.21. The Morgan fingerprint density at radius 3 is 2.53 bits per heavy atom. The fraction of sp³-hybridized carbons (Fsp3) is 0.167. The molecule has 0 atom stereocenters. The Morgan fingerprint density at radius 1 is 1.32 bits per heavy atom. The molecule has 1 heterocycles. The van der Waals surface area contributed by atoms with Crippen molar-refractivity contribution >= 4 is 40.7 Å². The number of amides is 1. The molecule has 0 radical (unpaired) electrons. The third-order valence-electron chi connectivity index (χ3n) is 2.68. The van der Waals surface area contributed by atoms with Crippen LogP contribution in [0.5, 0.6) is 0 Å². The van der Waals surface area contributed by atoms with E-state index in [0.717, 1.165) is 5.56 Å². The molecule has 0 aliphatic rings. The van der Waals surface area contributed by atoms with Crippen LogP contribution in [0.2, 0.25) is 15.1 Å². The van der Waals surface area contributed by atoms with Crippen molar-refractivity contribution in [1.82, 2.24) is 9.78 Å². The lowest BCUT2D eigenvalue weighted by Crippen LogP contribution is -2.13. The van der Waals surface area contributed by atoms with E-state index in [4.69, 9.17) is 40.5 Å². The first kappa shape index (κ1) is 14.2. The quantitative estimate of drug-likeness (QED) is 0.944. The number of nitrogens with two attached hydrogens (primary N) is 1. The highest BCUT2D eigenvalue weighted by atomic mass is 35.5. The zero-order valence-electron chi connectivity index (χ0n) is 9.95. The van der Waals surface area contributed by atoms with Crippen LogP contribution in [0.1, 0.15) is 21.7 Å². The summed E-state index contributed by atoms with van der Waals surface area (Å²) in [5.41, 5.74) is 6.83. The Labute approximate surface area is 125 Å². The third kappa shape index (κ3) is 2.86. The van der Waals surface area contributed by atoms with Crippen molar-refractivity contribution in [1.29, 1.82) is 0 Å². The summed E-state index contributed by atoms with van der Waals surface area (Å²) in [7, 11) is 0. The van der Waals surface area contributed by atoms with Gasteiger partial charge in [-0.25, -0.2) is 0 Å². The van der Waals surface area contributed by atoms with E-state index in [9.17, 15) is 4.79 Å². The number of carbonyl (C=O) groups is 1. The van der Waals surface area contributed by atoms with Gasteiger partial charge in [-0.05, 0) is 24.6 Å². The number of aromatic nitrogens is 2. The molecule has 4 nitrogen and oxygen atoms in total. The maximum atomic E-state index is 11.2. The number of carbonyl (C=O) groups excluding carboxylic acids is 1. The molecular weight excluding hydrogens is 309 g/mol. The van der Waals surface area contributed by atoms with Crippen molar-refractivity contribution in [2.75, 3.05) is 0 Å². The smallest absolute Gasteiger partial charge is 0.270 e. The predicted molar refractivity (Wildman–Crippen MR) is 76.1 cm³/mol. The minimum atomic E-state index is -0.652. The van der Waals surface area contributed by atoms with Crippen LogP contribution in [0.25, 0.3) is 0 Å². The van der Waals surface area contributed by atoms with Gasteiger partial charge in [0, 0.05) is 0 Å². The van der Waals surface area contributed by atoms with Gasteiger partial charge in [-0.2, -0.15) is 5.10 Å². The molecule has 1 aromatic carbocycles. The van der Waals surface area contributed by atoms with E-state index in [1.165, 1.54) is 0 Å². The second kappa shape index (κ2) is 5.41. The molecule has 100 valence electrons. The molecule has 0 saturated carbocycles. The van der Waals surface area contributed by atoms with E-state index in [0.29, 0.717) is 22.3 Å². The summed E-state index contributed by atoms with van der Waals surface area (Å²) in [6.45, 7) is 2.19. The molecule has 0 aliphatic carbocycles. The maximum Gasteiger partial charge on any atom is 0.270 e. The van der Waals surface area contributed by atoms with Crippen molar-refractivity contribution in [2.45, 2.75) is 13.5 Å². The molecule has 2 N–H and O–H groups in total. The number of halogens is 3. The van der Waals surface area contributed by atoms with Crippen LogP contribution in [-0.2, 0) is 6.54 Å². The first-order chi connectivity index (χ1) is 8.90. The summed E-state index contributed by atoms with van der Waals surface area (Å²) >= 11 is 17.8. The van der Waals surface area contributed by atoms with Gasteiger partial charge in [0.15, 0.2) is 5.69 Å². The highest BCUT2D eigenvalue weighted by Gasteiger charge is 2.17. The Bertz CT molecular complexity index is 652. The Kier molecular flexibility index (Phi) is 4.04. The van der Waals surface area contributed by atoms with Gasteiger partial charge in [-0.3, -0.25) is 9.48 Å². The number of hydrogen-bond acceptors (Lipinski definition) is 2. The SMILES string of the molecule is Cc1c(Cl)c(C(N)=O)nn1Cc1ccc(Cl)c(Cl)c1. The summed E-state index contributed by atoms with van der Waals surface area (Å²) in [6.07, 6.45) is 0. The number of benzene rings is 1. The van der Waals surface area contributed by atoms with Crippen LogP contribution >= 0.6 is 34.8 Å². The molecule has 1 amide bonds. The molecule has 0 unspecified atom stereocenters. The summed E-state index contributed by atoms with van der Waals surface area (Å²) in [6, 6.07) is 5.27. The largest absolute Gasteiger partial charge is 0.364 e. The van der Waals surface area contributed by atoms with Crippen LogP contribution in [0.4, 0.5) is 0 Å². The predicted octanol–water partition coefficient (Wildman–Crippen LogP) is 3.30. The number of primary amides is 1. The number of rotatable bonds is 3. The van der Waals surface area contributed by atoms with E-state index in [-0.39, 0.29) is 10.7 Å². The van der Waals surface area contributed by atoms with Crippen LogP contribution < -0.4 is 5.73 Å². The molecule has 0 aliphatic heterocycles. The number of nitrogens with zero attached hydrogens (tertiary/aromatic N) is 2. The van der Waals surface area contributed by atoms with Crippen molar-refractivity contribution < 1.29 is 4.79 Å². The summed E-state index contributed by atoms with van der Waals surface area (Å²) in [4.78, 5) is 11.2. The van der Waals surface area contributed by atoms with E-state index < -0.39 is 5.91 Å². The van der Waals surface area contributed by atoms with Gasteiger partial charge in [0.05, 0.1) is 27.3 Å². The zero-order valence-corrected chi connectivity index (χ0v) is 12.2. The average Bonchev–Trinajstić information content (AvgIpc) is 2.62. The van der Waals surface area contributed by atoms with Gasteiger partial charge in [-0.1, -0.05) is 40.9 Å². The molecule has 7 heteroatoms. The van der Waals surface area contributed by atoms with Gasteiger partial charge in [0.1, 0.15) is 0 Å². The monoisotopic (exact) mass is 317 g/mol. The second-order valence-electron chi connectivity index (χ2n) is 4.02. The molecular formula is C12H10Cl3N3O. The highest BCUT2D eigenvalue weighted by Crippen LogP contribution is 2.24. The molecule has 2 rings (SSSR count). The van der Waals surface area contributed by atoms with Crippen molar-refractivity contribution in [3.8, 4) is 0 Å². The lowest BCUT2D eigenvalue weighted by molar-refractivity contribution is 0.0995. The minimum absolute atomic E-state index is 0.0687. The topological polar surface area (TPSA) is 60.9 Å². The molecule has 1 aromatic heterocycles. The Hall–Kier alpha value is -1.23. The molecule has 0 bridgehead atoms. The Balaban J connectivity index is 2.35. The normalized spacial score (nSPS) is 10.7. The summed E-state index contributed by atoms with van der Waals surface area (Å²) in [5, 5.41) is 5.31.